The lowest BCUT2D eigenvalue weighted by Gasteiger charge is -2.04. The molecule has 2 rings (SSSR count). The number of nitrogens with zero attached hydrogens (tertiary/aromatic N) is 3. The zero-order chi connectivity index (χ0) is 13.1. The SMILES string of the molecule is CCc1nn(Cc2cccc(C)c2)c(Cl)c1C#N. The van der Waals surface area contributed by atoms with Gasteiger partial charge in [0.25, 0.3) is 0 Å². The number of aryl methyl sites for hydroxylation is 2. The Bertz CT molecular complexity index is 608. The van der Waals surface area contributed by atoms with Crippen molar-refractivity contribution in [1.29, 1.82) is 5.26 Å². The molecule has 3 nitrogen and oxygen atoms in total. The summed E-state index contributed by atoms with van der Waals surface area (Å²) < 4.78 is 1.69. The molecule has 0 radical (unpaired) electrons. The highest BCUT2D eigenvalue weighted by Crippen LogP contribution is 2.21. The van der Waals surface area contributed by atoms with Crippen LogP contribution in [0.2, 0.25) is 5.15 Å². The number of hydrogen-bond acceptors (Lipinski definition) is 2. The molecule has 92 valence electrons. The van der Waals surface area contributed by atoms with Crippen molar-refractivity contribution in [3.8, 4) is 6.07 Å². The van der Waals surface area contributed by atoms with Gasteiger partial charge in [0.15, 0.2) is 0 Å². The van der Waals surface area contributed by atoms with Crippen molar-refractivity contribution < 1.29 is 0 Å². The second kappa shape index (κ2) is 5.24. The van der Waals surface area contributed by atoms with E-state index in [0.29, 0.717) is 23.7 Å². The molecule has 0 spiro atoms. The van der Waals surface area contributed by atoms with Crippen molar-refractivity contribution in [2.45, 2.75) is 26.8 Å². The van der Waals surface area contributed by atoms with E-state index in [4.69, 9.17) is 16.9 Å². The van der Waals surface area contributed by atoms with Crippen molar-refractivity contribution >= 4 is 11.6 Å². The Hall–Kier alpha value is -1.79. The van der Waals surface area contributed by atoms with Crippen LogP contribution in [0.1, 0.15) is 29.3 Å². The van der Waals surface area contributed by atoms with Crippen LogP contribution < -0.4 is 0 Å². The Balaban J connectivity index is 2.36. The molecule has 4 heteroatoms. The van der Waals surface area contributed by atoms with Crippen LogP contribution in [0.25, 0.3) is 0 Å². The van der Waals surface area contributed by atoms with E-state index in [0.717, 1.165) is 11.3 Å². The summed E-state index contributed by atoms with van der Waals surface area (Å²) in [5.41, 5.74) is 3.58. The minimum atomic E-state index is 0.427. The van der Waals surface area contributed by atoms with Gasteiger partial charge in [0.1, 0.15) is 16.8 Å². The summed E-state index contributed by atoms with van der Waals surface area (Å²) in [5, 5.41) is 13.9. The highest BCUT2D eigenvalue weighted by molar-refractivity contribution is 6.30. The van der Waals surface area contributed by atoms with Gasteiger partial charge in [0.05, 0.1) is 12.2 Å². The fraction of sp³-hybridized carbons (Fsp3) is 0.286. The zero-order valence-electron chi connectivity index (χ0n) is 10.4. The largest absolute Gasteiger partial charge is 0.248 e. The third kappa shape index (κ3) is 2.39. The topological polar surface area (TPSA) is 41.6 Å². The summed E-state index contributed by atoms with van der Waals surface area (Å²) >= 11 is 6.18. The molecule has 1 heterocycles. The Labute approximate surface area is 112 Å². The molecule has 1 aromatic carbocycles. The van der Waals surface area contributed by atoms with E-state index in [2.05, 4.69) is 17.2 Å². The highest BCUT2D eigenvalue weighted by Gasteiger charge is 2.14. The molecule has 0 amide bonds. The maximum absolute atomic E-state index is 9.07. The molecule has 1 aromatic heterocycles. The molecule has 18 heavy (non-hydrogen) atoms. The van der Waals surface area contributed by atoms with E-state index >= 15 is 0 Å². The Kier molecular flexibility index (Phi) is 3.69. The van der Waals surface area contributed by atoms with Crippen molar-refractivity contribution in [1.82, 2.24) is 9.78 Å². The summed E-state index contributed by atoms with van der Waals surface area (Å²) in [6.07, 6.45) is 0.712. The van der Waals surface area contributed by atoms with Gasteiger partial charge in [0, 0.05) is 0 Å². The molecule has 0 bridgehead atoms. The van der Waals surface area contributed by atoms with E-state index in [-0.39, 0.29) is 0 Å². The van der Waals surface area contributed by atoms with Crippen LogP contribution in [0.4, 0.5) is 0 Å². The van der Waals surface area contributed by atoms with E-state index in [9.17, 15) is 0 Å². The first-order valence-electron chi connectivity index (χ1n) is 5.86. The summed E-state index contributed by atoms with van der Waals surface area (Å²) in [5.74, 6) is 0. The normalized spacial score (nSPS) is 10.3. The number of rotatable bonds is 3. The molecule has 0 aliphatic heterocycles. The van der Waals surface area contributed by atoms with Crippen LogP contribution in [-0.2, 0) is 13.0 Å². The average molecular weight is 260 g/mol. The average Bonchev–Trinajstić information content (AvgIpc) is 2.66. The third-order valence-electron chi connectivity index (χ3n) is 2.82. The number of nitriles is 1. The van der Waals surface area contributed by atoms with Crippen LogP contribution in [0.3, 0.4) is 0 Å². The quantitative estimate of drug-likeness (QED) is 0.848. The lowest BCUT2D eigenvalue weighted by molar-refractivity contribution is 0.674. The van der Waals surface area contributed by atoms with E-state index in [1.54, 1.807) is 4.68 Å². The molecule has 0 N–H and O–H groups in total. The van der Waals surface area contributed by atoms with Gasteiger partial charge in [-0.3, -0.25) is 0 Å². The van der Waals surface area contributed by atoms with Gasteiger partial charge < -0.3 is 0 Å². The van der Waals surface area contributed by atoms with Gasteiger partial charge in [-0.05, 0) is 18.9 Å². The summed E-state index contributed by atoms with van der Waals surface area (Å²) in [6, 6.07) is 10.3. The molecular formula is C14H14ClN3. The first-order chi connectivity index (χ1) is 8.65. The summed E-state index contributed by atoms with van der Waals surface area (Å²) in [4.78, 5) is 0. The van der Waals surface area contributed by atoms with Crippen molar-refractivity contribution in [2.75, 3.05) is 0 Å². The zero-order valence-corrected chi connectivity index (χ0v) is 11.2. The first-order valence-corrected chi connectivity index (χ1v) is 6.24. The Morgan fingerprint density at radius 2 is 2.22 bits per heavy atom. The highest BCUT2D eigenvalue weighted by atomic mass is 35.5. The number of aromatic nitrogens is 2. The monoisotopic (exact) mass is 259 g/mol. The van der Waals surface area contributed by atoms with Crippen LogP contribution in [0, 0.1) is 18.3 Å². The molecule has 0 atom stereocenters. The van der Waals surface area contributed by atoms with Gasteiger partial charge >= 0.3 is 0 Å². The Morgan fingerprint density at radius 3 is 2.78 bits per heavy atom. The predicted octanol–water partition coefficient (Wildman–Crippen LogP) is 3.33. The minimum absolute atomic E-state index is 0.427. The molecule has 0 fully saturated rings. The summed E-state index contributed by atoms with van der Waals surface area (Å²) in [6.45, 7) is 4.61. The van der Waals surface area contributed by atoms with Crippen molar-refractivity contribution in [3.63, 3.8) is 0 Å². The maximum Gasteiger partial charge on any atom is 0.145 e. The maximum atomic E-state index is 9.07. The minimum Gasteiger partial charge on any atom is -0.248 e. The second-order valence-electron chi connectivity index (χ2n) is 4.22. The van der Waals surface area contributed by atoms with Crippen LogP contribution in [0.5, 0.6) is 0 Å². The summed E-state index contributed by atoms with van der Waals surface area (Å²) in [7, 11) is 0. The lowest BCUT2D eigenvalue weighted by atomic mass is 10.1. The van der Waals surface area contributed by atoms with Crippen LogP contribution >= 0.6 is 11.6 Å². The van der Waals surface area contributed by atoms with Crippen LogP contribution in [-0.4, -0.2) is 9.78 Å². The van der Waals surface area contributed by atoms with Crippen molar-refractivity contribution in [3.05, 3.63) is 51.8 Å². The molecule has 0 aliphatic carbocycles. The standard InChI is InChI=1S/C14H14ClN3/c1-3-13-12(8-16)14(15)18(17-13)9-11-6-4-5-10(2)7-11/h4-7H,3,9H2,1-2H3. The molecule has 0 saturated heterocycles. The Morgan fingerprint density at radius 1 is 1.44 bits per heavy atom. The number of halogens is 1. The van der Waals surface area contributed by atoms with Gasteiger partial charge in [-0.25, -0.2) is 4.68 Å². The molecular weight excluding hydrogens is 246 g/mol. The van der Waals surface area contributed by atoms with E-state index in [1.807, 2.05) is 32.0 Å². The predicted molar refractivity (Wildman–Crippen MR) is 71.6 cm³/mol. The third-order valence-corrected chi connectivity index (χ3v) is 3.21. The van der Waals surface area contributed by atoms with Crippen molar-refractivity contribution in [2.24, 2.45) is 0 Å². The van der Waals surface area contributed by atoms with Gasteiger partial charge in [-0.2, -0.15) is 10.4 Å². The second-order valence-corrected chi connectivity index (χ2v) is 4.58. The number of hydrogen-bond donors (Lipinski definition) is 0. The fourth-order valence-electron chi connectivity index (χ4n) is 1.93. The van der Waals surface area contributed by atoms with Gasteiger partial charge in [0.2, 0.25) is 0 Å². The fourth-order valence-corrected chi connectivity index (χ4v) is 2.18. The molecule has 0 unspecified atom stereocenters. The molecule has 0 aliphatic rings. The smallest absolute Gasteiger partial charge is 0.145 e. The van der Waals surface area contributed by atoms with Gasteiger partial charge in [-0.1, -0.05) is 48.4 Å². The van der Waals surface area contributed by atoms with Gasteiger partial charge in [-0.15, -0.1) is 0 Å². The lowest BCUT2D eigenvalue weighted by Crippen LogP contribution is -2.02. The first kappa shape index (κ1) is 12.7. The number of benzene rings is 1. The molecule has 2 aromatic rings. The van der Waals surface area contributed by atoms with E-state index < -0.39 is 0 Å². The van der Waals surface area contributed by atoms with Crippen LogP contribution in [0.15, 0.2) is 24.3 Å². The molecule has 0 saturated carbocycles. The van der Waals surface area contributed by atoms with E-state index in [1.165, 1.54) is 5.56 Å².